The van der Waals surface area contributed by atoms with Gasteiger partial charge in [0.15, 0.2) is 0 Å². The van der Waals surface area contributed by atoms with Gasteiger partial charge in [-0.15, -0.1) is 11.8 Å². The molecule has 4 unspecified atom stereocenters. The van der Waals surface area contributed by atoms with E-state index < -0.39 is 0 Å². The molecule has 0 N–H and O–H groups in total. The Balaban J connectivity index is 1.86. The van der Waals surface area contributed by atoms with Gasteiger partial charge in [0.05, 0.1) is 11.8 Å². The quantitative estimate of drug-likeness (QED) is 0.387. The molecule has 2 bridgehead atoms. The first-order valence-corrected chi connectivity index (χ1v) is 5.96. The fourth-order valence-corrected chi connectivity index (χ4v) is 4.14. The van der Waals surface area contributed by atoms with Crippen LogP contribution < -0.4 is 0 Å². The second kappa shape index (κ2) is 3.43. The third-order valence-corrected chi connectivity index (χ3v) is 4.67. The molecule has 0 saturated carbocycles. The van der Waals surface area contributed by atoms with Crippen molar-refractivity contribution in [1.29, 1.82) is 0 Å². The summed E-state index contributed by atoms with van der Waals surface area (Å²) in [6.45, 7) is -0.257. The molecule has 3 aliphatic rings. The third kappa shape index (κ3) is 1.14. The number of fused-ring (bicyclic) bond motifs is 5. The Morgan fingerprint density at radius 1 is 1.25 bits per heavy atom. The molecule has 0 aromatic carbocycles. The van der Waals surface area contributed by atoms with Gasteiger partial charge in [-0.3, -0.25) is 14.4 Å². The molecule has 3 rings (SSSR count). The number of nitrogens with zero attached hydrogens (tertiary/aromatic N) is 1. The standard InChI is InChI=1S/C10H9NO4S/c12-3-4-15-11-9(13)7-5-1-2-6(16-5)8(7)10(11)14/h1-3,5-8H,4H2. The molecule has 4 atom stereocenters. The SMILES string of the molecule is O=CCON1C(=O)C2C3C=CC(S3)C2C1=O. The summed E-state index contributed by atoms with van der Waals surface area (Å²) in [5, 5.41) is 0.962. The molecule has 5 nitrogen and oxygen atoms in total. The number of carbonyl (C=O) groups is 3. The zero-order valence-electron chi connectivity index (χ0n) is 8.24. The second-order valence-electron chi connectivity index (χ2n) is 3.94. The van der Waals surface area contributed by atoms with Crippen molar-refractivity contribution >= 4 is 29.9 Å². The van der Waals surface area contributed by atoms with E-state index in [9.17, 15) is 14.4 Å². The highest BCUT2D eigenvalue weighted by Gasteiger charge is 2.60. The Hall–Kier alpha value is -1.14. The molecule has 0 aromatic heterocycles. The van der Waals surface area contributed by atoms with Crippen molar-refractivity contribution in [2.75, 3.05) is 6.61 Å². The monoisotopic (exact) mass is 239 g/mol. The molecule has 0 spiro atoms. The van der Waals surface area contributed by atoms with Crippen LogP contribution in [0.3, 0.4) is 0 Å². The molecule has 0 aliphatic carbocycles. The molecule has 2 amide bonds. The van der Waals surface area contributed by atoms with Crippen LogP contribution in [0.15, 0.2) is 12.2 Å². The van der Waals surface area contributed by atoms with Crippen LogP contribution in [0.5, 0.6) is 0 Å². The van der Waals surface area contributed by atoms with Crippen LogP contribution in [0.1, 0.15) is 0 Å². The maximum absolute atomic E-state index is 11.9. The van der Waals surface area contributed by atoms with Gasteiger partial charge in [0.25, 0.3) is 11.8 Å². The zero-order chi connectivity index (χ0) is 11.3. The van der Waals surface area contributed by atoms with E-state index in [1.165, 1.54) is 0 Å². The van der Waals surface area contributed by atoms with Gasteiger partial charge in [-0.25, -0.2) is 0 Å². The number of hydrogen-bond donors (Lipinski definition) is 0. The minimum Gasteiger partial charge on any atom is -0.301 e. The summed E-state index contributed by atoms with van der Waals surface area (Å²) in [5.41, 5.74) is 0. The van der Waals surface area contributed by atoms with E-state index in [4.69, 9.17) is 4.84 Å². The lowest BCUT2D eigenvalue weighted by molar-refractivity contribution is -0.188. The Bertz CT molecular complexity index is 378. The summed E-state index contributed by atoms with van der Waals surface area (Å²) >= 11 is 1.65. The largest absolute Gasteiger partial charge is 0.301 e. The van der Waals surface area contributed by atoms with Gasteiger partial charge in [0.1, 0.15) is 12.9 Å². The first kappa shape index (κ1) is 10.0. The van der Waals surface area contributed by atoms with Gasteiger partial charge < -0.3 is 4.79 Å². The number of aldehydes is 1. The molecule has 3 aliphatic heterocycles. The third-order valence-electron chi connectivity index (χ3n) is 3.14. The lowest BCUT2D eigenvalue weighted by Crippen LogP contribution is -2.33. The van der Waals surface area contributed by atoms with Crippen molar-refractivity contribution in [3.63, 3.8) is 0 Å². The minimum atomic E-state index is -0.304. The fraction of sp³-hybridized carbons (Fsp3) is 0.500. The summed E-state index contributed by atoms with van der Waals surface area (Å²) in [4.78, 5) is 38.9. The molecular weight excluding hydrogens is 230 g/mol. The average Bonchev–Trinajstić information content (AvgIpc) is 2.92. The summed E-state index contributed by atoms with van der Waals surface area (Å²) < 4.78 is 0. The first-order valence-electron chi connectivity index (χ1n) is 5.02. The van der Waals surface area contributed by atoms with Crippen molar-refractivity contribution in [3.8, 4) is 0 Å². The Kier molecular flexibility index (Phi) is 2.15. The summed E-state index contributed by atoms with van der Waals surface area (Å²) in [5.74, 6) is -1.19. The van der Waals surface area contributed by atoms with Gasteiger partial charge >= 0.3 is 0 Å². The van der Waals surface area contributed by atoms with Gasteiger partial charge in [0, 0.05) is 10.5 Å². The van der Waals surface area contributed by atoms with Crippen LogP contribution in [0, 0.1) is 11.8 Å². The predicted octanol–water partition coefficient (Wildman–Crippen LogP) is -0.228. The highest BCUT2D eigenvalue weighted by molar-refractivity contribution is 8.01. The maximum atomic E-state index is 11.9. The summed E-state index contributed by atoms with van der Waals surface area (Å²) in [7, 11) is 0. The molecule has 16 heavy (non-hydrogen) atoms. The molecule has 84 valence electrons. The normalized spacial score (nSPS) is 39.6. The Labute approximate surface area is 95.8 Å². The number of rotatable bonds is 3. The lowest BCUT2D eigenvalue weighted by Gasteiger charge is -2.14. The molecular formula is C10H9NO4S. The van der Waals surface area contributed by atoms with Crippen LogP contribution in [-0.2, 0) is 19.2 Å². The van der Waals surface area contributed by atoms with Crippen molar-refractivity contribution < 1.29 is 19.2 Å². The average molecular weight is 239 g/mol. The first-order chi connectivity index (χ1) is 7.74. The van der Waals surface area contributed by atoms with Crippen LogP contribution in [0.2, 0.25) is 0 Å². The molecule has 0 aromatic rings. The Morgan fingerprint density at radius 2 is 1.81 bits per heavy atom. The van der Waals surface area contributed by atoms with E-state index in [-0.39, 0.29) is 40.8 Å². The minimum absolute atomic E-state index is 0.0938. The van der Waals surface area contributed by atoms with E-state index in [1.54, 1.807) is 11.8 Å². The molecule has 6 heteroatoms. The summed E-state index contributed by atoms with van der Waals surface area (Å²) in [6, 6.07) is 0. The lowest BCUT2D eigenvalue weighted by atomic mass is 9.85. The molecule has 3 heterocycles. The van der Waals surface area contributed by atoms with Crippen LogP contribution in [0.4, 0.5) is 0 Å². The van der Waals surface area contributed by atoms with Crippen molar-refractivity contribution in [2.24, 2.45) is 11.8 Å². The van der Waals surface area contributed by atoms with Crippen LogP contribution in [-0.4, -0.2) is 40.3 Å². The van der Waals surface area contributed by atoms with E-state index in [0.29, 0.717) is 6.29 Å². The van der Waals surface area contributed by atoms with Gasteiger partial charge in [-0.1, -0.05) is 12.2 Å². The van der Waals surface area contributed by atoms with E-state index in [0.717, 1.165) is 5.06 Å². The number of amides is 2. The number of imide groups is 1. The van der Waals surface area contributed by atoms with Gasteiger partial charge in [-0.2, -0.15) is 5.06 Å². The van der Waals surface area contributed by atoms with Crippen LogP contribution in [0.25, 0.3) is 0 Å². The molecule has 0 radical (unpaired) electrons. The van der Waals surface area contributed by atoms with E-state index >= 15 is 0 Å². The summed E-state index contributed by atoms with van der Waals surface area (Å²) in [6.07, 6.45) is 4.48. The zero-order valence-corrected chi connectivity index (χ0v) is 9.05. The highest BCUT2D eigenvalue weighted by atomic mass is 32.2. The number of hydroxylamine groups is 2. The van der Waals surface area contributed by atoms with E-state index in [2.05, 4.69) is 0 Å². The van der Waals surface area contributed by atoms with Crippen LogP contribution >= 0.6 is 11.8 Å². The van der Waals surface area contributed by atoms with Gasteiger partial charge in [0.2, 0.25) is 0 Å². The van der Waals surface area contributed by atoms with Crippen molar-refractivity contribution in [1.82, 2.24) is 5.06 Å². The fourth-order valence-electron chi connectivity index (χ4n) is 2.51. The second-order valence-corrected chi connectivity index (χ2v) is 5.30. The molecule has 2 fully saturated rings. The number of hydrogen-bond acceptors (Lipinski definition) is 5. The predicted molar refractivity (Wildman–Crippen MR) is 55.2 cm³/mol. The number of thioether (sulfide) groups is 1. The van der Waals surface area contributed by atoms with Gasteiger partial charge in [-0.05, 0) is 0 Å². The van der Waals surface area contributed by atoms with E-state index in [1.807, 2.05) is 12.2 Å². The Morgan fingerprint density at radius 3 is 2.31 bits per heavy atom. The van der Waals surface area contributed by atoms with Crippen molar-refractivity contribution in [3.05, 3.63) is 12.2 Å². The van der Waals surface area contributed by atoms with Crippen molar-refractivity contribution in [2.45, 2.75) is 10.5 Å². The maximum Gasteiger partial charge on any atom is 0.258 e. The molecule has 2 saturated heterocycles. The number of carbonyl (C=O) groups excluding carboxylic acids is 3. The smallest absolute Gasteiger partial charge is 0.258 e. The highest BCUT2D eigenvalue weighted by Crippen LogP contribution is 2.53. The topological polar surface area (TPSA) is 63.7 Å².